The Morgan fingerprint density at radius 1 is 0.875 bits per heavy atom. The van der Waals surface area contributed by atoms with Crippen molar-refractivity contribution >= 4 is 30.7 Å². The van der Waals surface area contributed by atoms with Gasteiger partial charge in [-0.05, 0) is 44.1 Å². The van der Waals surface area contributed by atoms with Gasteiger partial charge in [-0.25, -0.2) is 0 Å². The Hall–Kier alpha value is -0.0300. The van der Waals surface area contributed by atoms with Crippen LogP contribution in [0, 0.1) is 17.8 Å². The van der Waals surface area contributed by atoms with Crippen LogP contribution in [0.15, 0.2) is 0 Å². The molecule has 3 aliphatic rings. The van der Waals surface area contributed by atoms with Gasteiger partial charge in [0.05, 0.1) is 0 Å². The highest BCUT2D eigenvalue weighted by atomic mass is 35.5. The summed E-state index contributed by atoms with van der Waals surface area (Å²) in [6.45, 7) is 5.94. The van der Waals surface area contributed by atoms with Crippen molar-refractivity contribution in [3.8, 4) is 0 Å². The van der Waals surface area contributed by atoms with Gasteiger partial charge in [0, 0.05) is 38.6 Å². The Bertz CT molecular complexity index is 369. The summed E-state index contributed by atoms with van der Waals surface area (Å²) < 4.78 is 0. The van der Waals surface area contributed by atoms with Crippen molar-refractivity contribution in [2.45, 2.75) is 51.4 Å². The number of piperazine rings is 1. The Balaban J connectivity index is 0.00000144. The zero-order valence-corrected chi connectivity index (χ0v) is 16.5. The first-order valence-electron chi connectivity index (χ1n) is 9.49. The molecule has 3 rings (SSSR count). The summed E-state index contributed by atoms with van der Waals surface area (Å²) in [6, 6.07) is 0. The van der Waals surface area contributed by atoms with Gasteiger partial charge in [-0.1, -0.05) is 25.7 Å². The van der Waals surface area contributed by atoms with Gasteiger partial charge in [-0.15, -0.1) is 24.8 Å². The van der Waals surface area contributed by atoms with Crippen LogP contribution in [0.5, 0.6) is 0 Å². The normalized spacial score (nSPS) is 29.0. The van der Waals surface area contributed by atoms with E-state index in [-0.39, 0.29) is 30.7 Å². The minimum Gasteiger partial charge on any atom is -0.340 e. The van der Waals surface area contributed by atoms with E-state index in [9.17, 15) is 4.79 Å². The highest BCUT2D eigenvalue weighted by molar-refractivity contribution is 5.85. The number of carbonyl (C=O) groups is 1. The van der Waals surface area contributed by atoms with Crippen molar-refractivity contribution in [1.29, 1.82) is 0 Å². The standard InChI is InChI=1S/C18H33N3O.2ClH/c19-13-16-7-4-8-17(16)18(22)21-11-9-20(10-12-21)14-15-5-2-1-3-6-15;;/h15-17H,1-14,19H2;2*1H/t16-,17-;;/m1../s1. The van der Waals surface area contributed by atoms with E-state index in [1.807, 2.05) is 0 Å². The van der Waals surface area contributed by atoms with Gasteiger partial charge in [0.25, 0.3) is 0 Å². The first kappa shape index (κ1) is 22.0. The van der Waals surface area contributed by atoms with E-state index in [0.29, 0.717) is 18.4 Å². The van der Waals surface area contributed by atoms with Crippen molar-refractivity contribution in [1.82, 2.24) is 9.80 Å². The average molecular weight is 380 g/mol. The fourth-order valence-corrected chi connectivity index (χ4v) is 4.76. The molecule has 1 aliphatic heterocycles. The average Bonchev–Trinajstić information content (AvgIpc) is 3.04. The monoisotopic (exact) mass is 379 g/mol. The lowest BCUT2D eigenvalue weighted by Crippen LogP contribution is -2.51. The van der Waals surface area contributed by atoms with Gasteiger partial charge in [0.15, 0.2) is 0 Å². The molecule has 142 valence electrons. The number of rotatable bonds is 4. The molecule has 0 aromatic heterocycles. The highest BCUT2D eigenvalue weighted by Gasteiger charge is 2.35. The van der Waals surface area contributed by atoms with Gasteiger partial charge < -0.3 is 10.6 Å². The second-order valence-corrected chi connectivity index (χ2v) is 7.66. The molecule has 3 fully saturated rings. The van der Waals surface area contributed by atoms with Crippen molar-refractivity contribution in [3.05, 3.63) is 0 Å². The van der Waals surface area contributed by atoms with Crippen molar-refractivity contribution in [3.63, 3.8) is 0 Å². The van der Waals surface area contributed by atoms with Crippen LogP contribution in [-0.4, -0.2) is 55.0 Å². The number of hydrogen-bond donors (Lipinski definition) is 1. The molecule has 0 bridgehead atoms. The maximum absolute atomic E-state index is 12.7. The molecule has 0 aromatic rings. The summed E-state index contributed by atoms with van der Waals surface area (Å²) in [6.07, 6.45) is 10.5. The third-order valence-corrected chi connectivity index (χ3v) is 6.20. The molecule has 0 spiro atoms. The lowest BCUT2D eigenvalue weighted by atomic mass is 9.89. The third-order valence-electron chi connectivity index (χ3n) is 6.20. The van der Waals surface area contributed by atoms with Gasteiger partial charge in [0.1, 0.15) is 0 Å². The first-order chi connectivity index (χ1) is 10.8. The largest absolute Gasteiger partial charge is 0.340 e. The Labute approximate surface area is 159 Å². The number of nitrogens with two attached hydrogens (primary N) is 1. The molecular weight excluding hydrogens is 345 g/mol. The van der Waals surface area contributed by atoms with Crippen LogP contribution < -0.4 is 5.73 Å². The number of nitrogens with zero attached hydrogens (tertiary/aromatic N) is 2. The SMILES string of the molecule is Cl.Cl.NC[C@H]1CCC[C@H]1C(=O)N1CCN(CC2CCCCC2)CC1. The maximum atomic E-state index is 12.7. The molecule has 6 heteroatoms. The number of carbonyl (C=O) groups excluding carboxylic acids is 1. The molecule has 2 N–H and O–H groups in total. The molecule has 1 saturated heterocycles. The van der Waals surface area contributed by atoms with E-state index >= 15 is 0 Å². The number of halogens is 2. The molecule has 2 aliphatic carbocycles. The zero-order valence-electron chi connectivity index (χ0n) is 14.8. The molecule has 4 nitrogen and oxygen atoms in total. The van der Waals surface area contributed by atoms with Gasteiger partial charge in [0.2, 0.25) is 5.91 Å². The summed E-state index contributed by atoms with van der Waals surface area (Å²) in [4.78, 5) is 17.4. The van der Waals surface area contributed by atoms with Crippen LogP contribution in [0.3, 0.4) is 0 Å². The van der Waals surface area contributed by atoms with Crippen LogP contribution in [0.1, 0.15) is 51.4 Å². The summed E-state index contributed by atoms with van der Waals surface area (Å²) in [5.74, 6) is 1.96. The fourth-order valence-electron chi connectivity index (χ4n) is 4.76. The van der Waals surface area contributed by atoms with E-state index in [1.165, 1.54) is 45.1 Å². The summed E-state index contributed by atoms with van der Waals surface area (Å²) in [5, 5.41) is 0. The molecule has 1 amide bonds. The van der Waals surface area contributed by atoms with E-state index in [0.717, 1.165) is 44.9 Å². The number of amides is 1. The van der Waals surface area contributed by atoms with Crippen LogP contribution in [0.25, 0.3) is 0 Å². The quantitative estimate of drug-likeness (QED) is 0.816. The maximum Gasteiger partial charge on any atom is 0.226 e. The predicted octanol–water partition coefficient (Wildman–Crippen LogP) is 2.93. The van der Waals surface area contributed by atoms with E-state index in [1.54, 1.807) is 0 Å². The highest BCUT2D eigenvalue weighted by Crippen LogP contribution is 2.32. The Morgan fingerprint density at radius 3 is 2.17 bits per heavy atom. The van der Waals surface area contributed by atoms with Crippen molar-refractivity contribution in [2.24, 2.45) is 23.5 Å². The molecule has 2 saturated carbocycles. The molecule has 0 radical (unpaired) electrons. The Morgan fingerprint density at radius 2 is 1.54 bits per heavy atom. The predicted molar refractivity (Wildman–Crippen MR) is 104 cm³/mol. The van der Waals surface area contributed by atoms with Crippen molar-refractivity contribution < 1.29 is 4.79 Å². The van der Waals surface area contributed by atoms with Gasteiger partial charge in [-0.2, -0.15) is 0 Å². The third kappa shape index (κ3) is 5.48. The topological polar surface area (TPSA) is 49.6 Å². The molecule has 2 atom stereocenters. The minimum atomic E-state index is 0. The van der Waals surface area contributed by atoms with Crippen LogP contribution in [0.2, 0.25) is 0 Å². The number of hydrogen-bond acceptors (Lipinski definition) is 3. The minimum absolute atomic E-state index is 0. The molecule has 24 heavy (non-hydrogen) atoms. The second-order valence-electron chi connectivity index (χ2n) is 7.66. The van der Waals surface area contributed by atoms with Gasteiger partial charge in [-0.3, -0.25) is 9.69 Å². The zero-order chi connectivity index (χ0) is 15.4. The smallest absolute Gasteiger partial charge is 0.226 e. The summed E-state index contributed by atoms with van der Waals surface area (Å²) in [5.41, 5.74) is 5.84. The fraction of sp³-hybridized carbons (Fsp3) is 0.944. The van der Waals surface area contributed by atoms with Crippen molar-refractivity contribution in [2.75, 3.05) is 39.3 Å². The van der Waals surface area contributed by atoms with Crippen LogP contribution >= 0.6 is 24.8 Å². The van der Waals surface area contributed by atoms with E-state index in [4.69, 9.17) is 5.73 Å². The van der Waals surface area contributed by atoms with E-state index in [2.05, 4.69) is 9.80 Å². The molecular formula is C18H35Cl2N3O. The van der Waals surface area contributed by atoms with Crippen LogP contribution in [0.4, 0.5) is 0 Å². The summed E-state index contributed by atoms with van der Waals surface area (Å²) in [7, 11) is 0. The van der Waals surface area contributed by atoms with Crippen LogP contribution in [-0.2, 0) is 4.79 Å². The lowest BCUT2D eigenvalue weighted by molar-refractivity contribution is -0.138. The molecule has 0 unspecified atom stereocenters. The second kappa shape index (κ2) is 10.8. The Kier molecular flexibility index (Phi) is 9.95. The van der Waals surface area contributed by atoms with E-state index < -0.39 is 0 Å². The lowest BCUT2D eigenvalue weighted by Gasteiger charge is -2.38. The summed E-state index contributed by atoms with van der Waals surface area (Å²) >= 11 is 0. The molecule has 0 aromatic carbocycles. The first-order valence-corrected chi connectivity index (χ1v) is 9.49. The molecule has 1 heterocycles. The van der Waals surface area contributed by atoms with Gasteiger partial charge >= 0.3 is 0 Å².